The van der Waals surface area contributed by atoms with E-state index in [0.29, 0.717) is 0 Å². The molecule has 1 aliphatic carbocycles. The number of guanidine groups is 1. The molecule has 2 saturated heterocycles. The van der Waals surface area contributed by atoms with Crippen molar-refractivity contribution >= 4 is 41.9 Å². The summed E-state index contributed by atoms with van der Waals surface area (Å²) in [5.41, 5.74) is 0.766. The minimum atomic E-state index is -0.786. The number of piperidine rings is 1. The van der Waals surface area contributed by atoms with Gasteiger partial charge in [0.05, 0.1) is 0 Å². The van der Waals surface area contributed by atoms with E-state index in [4.69, 9.17) is 4.99 Å². The van der Waals surface area contributed by atoms with E-state index in [1.165, 1.54) is 25.7 Å². The molecule has 8 heteroatoms. The second kappa shape index (κ2) is 10.5. The number of allylic oxidation sites excluding steroid dienone is 1. The minimum Gasteiger partial charge on any atom is -0.357 e. The van der Waals surface area contributed by atoms with Gasteiger partial charge in [-0.15, -0.1) is 24.0 Å². The number of nitrogens with zero attached hydrogens (tertiary/aromatic N) is 2. The number of nitrogens with one attached hydrogen (secondary N) is 3. The number of imide groups is 1. The highest BCUT2D eigenvalue weighted by Gasteiger charge is 2.48. The molecule has 7 nitrogen and oxygen atoms in total. The summed E-state index contributed by atoms with van der Waals surface area (Å²) in [5.74, 6) is 0.917. The summed E-state index contributed by atoms with van der Waals surface area (Å²) in [7, 11) is 0. The fraction of sp³-hybridized carbons (Fsp3) is 0.750. The predicted octanol–water partition coefficient (Wildman–Crippen LogP) is 2.77. The first-order chi connectivity index (χ1) is 13.0. The average molecular weight is 503 g/mol. The maximum atomic E-state index is 12.2. The van der Waals surface area contributed by atoms with Crippen LogP contribution in [-0.2, 0) is 4.79 Å². The third-order valence-electron chi connectivity index (χ3n) is 6.10. The third kappa shape index (κ3) is 5.39. The average Bonchev–Trinajstić information content (AvgIpc) is 2.95. The van der Waals surface area contributed by atoms with Crippen molar-refractivity contribution in [1.82, 2.24) is 20.9 Å². The van der Waals surface area contributed by atoms with Gasteiger partial charge in [0, 0.05) is 26.2 Å². The number of rotatable bonds is 5. The molecule has 3 aliphatic rings. The monoisotopic (exact) mass is 503 g/mol. The van der Waals surface area contributed by atoms with Gasteiger partial charge in [-0.1, -0.05) is 11.6 Å². The minimum absolute atomic E-state index is 0. The standard InChI is InChI=1S/C20H33N5O2.HI/c1-3-21-18(22-12-9-15-7-5-4-6-8-15)25-13-10-16(11-14-25)20(2)17(26)23-19(27)24-20;/h7,16H,3-6,8-14H2,1-2H3,(H,21,22)(H2,23,24,26,27);1H. The molecule has 1 unspecified atom stereocenters. The molecule has 3 rings (SSSR count). The molecule has 0 aromatic rings. The lowest BCUT2D eigenvalue weighted by Crippen LogP contribution is -2.55. The Kier molecular flexibility index (Phi) is 8.57. The number of amides is 3. The van der Waals surface area contributed by atoms with Crippen molar-refractivity contribution in [2.75, 3.05) is 26.2 Å². The molecular weight excluding hydrogens is 469 g/mol. The first-order valence-electron chi connectivity index (χ1n) is 10.4. The number of aliphatic imine (C=N–C) groups is 1. The molecule has 2 heterocycles. The van der Waals surface area contributed by atoms with Gasteiger partial charge in [-0.05, 0) is 64.7 Å². The van der Waals surface area contributed by atoms with E-state index in [1.54, 1.807) is 5.57 Å². The third-order valence-corrected chi connectivity index (χ3v) is 6.10. The fourth-order valence-corrected chi connectivity index (χ4v) is 4.38. The number of hydrogen-bond donors (Lipinski definition) is 3. The Hall–Kier alpha value is -1.32. The molecule has 0 bridgehead atoms. The second-order valence-electron chi connectivity index (χ2n) is 7.97. The van der Waals surface area contributed by atoms with Gasteiger partial charge in [0.1, 0.15) is 5.54 Å². The Labute approximate surface area is 185 Å². The van der Waals surface area contributed by atoms with Crippen LogP contribution in [-0.4, -0.2) is 54.5 Å². The summed E-state index contributed by atoms with van der Waals surface area (Å²) < 4.78 is 0. The zero-order valence-corrected chi connectivity index (χ0v) is 19.4. The maximum Gasteiger partial charge on any atom is 0.322 e. The molecule has 0 aromatic carbocycles. The van der Waals surface area contributed by atoms with Crippen LogP contribution >= 0.6 is 24.0 Å². The van der Waals surface area contributed by atoms with Gasteiger partial charge in [0.2, 0.25) is 0 Å². The van der Waals surface area contributed by atoms with Crippen LogP contribution in [0.25, 0.3) is 0 Å². The van der Waals surface area contributed by atoms with E-state index in [9.17, 15) is 9.59 Å². The van der Waals surface area contributed by atoms with E-state index in [1.807, 2.05) is 6.92 Å². The SMILES string of the molecule is CCNC(=NCCC1=CCCCC1)N1CCC(C2(C)NC(=O)NC2=O)CC1.I. The summed E-state index contributed by atoms with van der Waals surface area (Å²) in [4.78, 5) is 30.8. The zero-order valence-electron chi connectivity index (χ0n) is 17.1. The summed E-state index contributed by atoms with van der Waals surface area (Å²) in [6, 6.07) is -0.378. The van der Waals surface area contributed by atoms with Gasteiger partial charge in [0.25, 0.3) is 5.91 Å². The number of hydrogen-bond acceptors (Lipinski definition) is 3. The van der Waals surface area contributed by atoms with Gasteiger partial charge in [-0.2, -0.15) is 0 Å². The van der Waals surface area contributed by atoms with E-state index < -0.39 is 5.54 Å². The molecule has 3 amide bonds. The molecule has 0 saturated carbocycles. The van der Waals surface area contributed by atoms with Gasteiger partial charge >= 0.3 is 6.03 Å². The van der Waals surface area contributed by atoms with Crippen molar-refractivity contribution in [3.63, 3.8) is 0 Å². The molecular formula is C20H34IN5O2. The van der Waals surface area contributed by atoms with E-state index in [2.05, 4.69) is 33.9 Å². The molecule has 158 valence electrons. The number of carbonyl (C=O) groups excluding carboxylic acids is 2. The number of carbonyl (C=O) groups is 2. The highest BCUT2D eigenvalue weighted by molar-refractivity contribution is 14.0. The van der Waals surface area contributed by atoms with Crippen LogP contribution in [0.2, 0.25) is 0 Å². The van der Waals surface area contributed by atoms with Crippen LogP contribution in [0.4, 0.5) is 4.79 Å². The van der Waals surface area contributed by atoms with Crippen LogP contribution in [0.3, 0.4) is 0 Å². The second-order valence-corrected chi connectivity index (χ2v) is 7.97. The van der Waals surface area contributed by atoms with Crippen molar-refractivity contribution < 1.29 is 9.59 Å². The lowest BCUT2D eigenvalue weighted by molar-refractivity contribution is -0.125. The number of likely N-dealkylation sites (tertiary alicyclic amines) is 1. The van der Waals surface area contributed by atoms with Crippen LogP contribution in [0.15, 0.2) is 16.6 Å². The Balaban J connectivity index is 0.00000280. The first kappa shape index (κ1) is 23.0. The van der Waals surface area contributed by atoms with Gasteiger partial charge in [0.15, 0.2) is 5.96 Å². The molecule has 2 aliphatic heterocycles. The first-order valence-corrected chi connectivity index (χ1v) is 10.4. The van der Waals surface area contributed by atoms with Crippen molar-refractivity contribution in [2.45, 2.75) is 64.3 Å². The molecule has 0 spiro atoms. The molecule has 0 aromatic heterocycles. The van der Waals surface area contributed by atoms with Crippen LogP contribution in [0, 0.1) is 5.92 Å². The lowest BCUT2D eigenvalue weighted by Gasteiger charge is -2.39. The largest absolute Gasteiger partial charge is 0.357 e. The number of halogens is 1. The summed E-state index contributed by atoms with van der Waals surface area (Å²) in [5, 5.41) is 8.60. The Morgan fingerprint density at radius 2 is 2.07 bits per heavy atom. The highest BCUT2D eigenvalue weighted by Crippen LogP contribution is 2.30. The van der Waals surface area contributed by atoms with Crippen molar-refractivity contribution in [1.29, 1.82) is 0 Å². The highest BCUT2D eigenvalue weighted by atomic mass is 127. The topological polar surface area (TPSA) is 85.8 Å². The van der Waals surface area contributed by atoms with Crippen molar-refractivity contribution in [3.8, 4) is 0 Å². The van der Waals surface area contributed by atoms with Crippen LogP contribution in [0.1, 0.15) is 58.8 Å². The van der Waals surface area contributed by atoms with Gasteiger partial charge in [-0.25, -0.2) is 4.79 Å². The lowest BCUT2D eigenvalue weighted by atomic mass is 9.79. The Morgan fingerprint density at radius 1 is 1.32 bits per heavy atom. The van der Waals surface area contributed by atoms with Crippen LogP contribution < -0.4 is 16.0 Å². The Bertz CT molecular complexity index is 628. The number of urea groups is 1. The van der Waals surface area contributed by atoms with E-state index in [0.717, 1.165) is 51.4 Å². The van der Waals surface area contributed by atoms with Crippen molar-refractivity contribution in [2.24, 2.45) is 10.9 Å². The molecule has 0 radical (unpaired) electrons. The quantitative estimate of drug-likeness (QED) is 0.177. The van der Waals surface area contributed by atoms with Crippen LogP contribution in [0.5, 0.6) is 0 Å². The van der Waals surface area contributed by atoms with Gasteiger partial charge in [-0.3, -0.25) is 15.1 Å². The zero-order chi connectivity index (χ0) is 19.3. The normalized spacial score (nSPS) is 26.3. The van der Waals surface area contributed by atoms with E-state index in [-0.39, 0.29) is 41.8 Å². The molecule has 28 heavy (non-hydrogen) atoms. The Morgan fingerprint density at radius 3 is 2.64 bits per heavy atom. The van der Waals surface area contributed by atoms with E-state index >= 15 is 0 Å². The van der Waals surface area contributed by atoms with Gasteiger partial charge < -0.3 is 15.5 Å². The molecule has 2 fully saturated rings. The van der Waals surface area contributed by atoms with Crippen molar-refractivity contribution in [3.05, 3.63) is 11.6 Å². The summed E-state index contributed by atoms with van der Waals surface area (Å²) in [6.07, 6.45) is 10.2. The molecule has 3 N–H and O–H groups in total. The summed E-state index contributed by atoms with van der Waals surface area (Å²) >= 11 is 0. The molecule has 1 atom stereocenters. The predicted molar refractivity (Wildman–Crippen MR) is 122 cm³/mol. The maximum absolute atomic E-state index is 12.2. The fourth-order valence-electron chi connectivity index (χ4n) is 4.38. The smallest absolute Gasteiger partial charge is 0.322 e. The summed E-state index contributed by atoms with van der Waals surface area (Å²) in [6.45, 7) is 7.29.